The van der Waals surface area contributed by atoms with Crippen LogP contribution in [0.3, 0.4) is 0 Å². The Hall–Kier alpha value is -1.36. The van der Waals surface area contributed by atoms with Gasteiger partial charge in [0.25, 0.3) is 0 Å². The number of pyridine rings is 1. The van der Waals surface area contributed by atoms with Crippen LogP contribution >= 0.6 is 23.2 Å². The fourth-order valence-corrected chi connectivity index (χ4v) is 1.91. The van der Waals surface area contributed by atoms with Gasteiger partial charge in [0.1, 0.15) is 11.6 Å². The van der Waals surface area contributed by atoms with Gasteiger partial charge in [-0.15, -0.1) is 0 Å². The van der Waals surface area contributed by atoms with E-state index < -0.39 is 5.82 Å². The van der Waals surface area contributed by atoms with Crippen LogP contribution in [0.25, 0.3) is 0 Å². The lowest BCUT2D eigenvalue weighted by molar-refractivity contribution is 0.452. The highest BCUT2D eigenvalue weighted by Crippen LogP contribution is 2.29. The third kappa shape index (κ3) is 3.10. The summed E-state index contributed by atoms with van der Waals surface area (Å²) in [5.74, 6) is 0.186. The van der Waals surface area contributed by atoms with Gasteiger partial charge in [-0.05, 0) is 24.3 Å². The Kier molecular flexibility index (Phi) is 4.01. The number of nitrogens with two attached hydrogens (primary N) is 1. The number of nitrogens with zero attached hydrogens (tertiary/aromatic N) is 1. The lowest BCUT2D eigenvalue weighted by Gasteiger charge is -2.09. The van der Waals surface area contributed by atoms with Crippen LogP contribution in [0.1, 0.15) is 5.56 Å². The van der Waals surface area contributed by atoms with Crippen molar-refractivity contribution in [3.05, 3.63) is 51.9 Å². The zero-order valence-corrected chi connectivity index (χ0v) is 10.7. The van der Waals surface area contributed by atoms with E-state index >= 15 is 0 Å². The molecule has 1 heterocycles. The monoisotopic (exact) mass is 286 g/mol. The molecule has 0 radical (unpaired) electrons. The maximum absolute atomic E-state index is 13.0. The maximum atomic E-state index is 13.0. The first-order chi connectivity index (χ1) is 8.58. The van der Waals surface area contributed by atoms with Gasteiger partial charge in [0, 0.05) is 22.2 Å². The van der Waals surface area contributed by atoms with Crippen LogP contribution in [0.5, 0.6) is 11.6 Å². The zero-order chi connectivity index (χ0) is 13.1. The average molecular weight is 287 g/mol. The quantitative estimate of drug-likeness (QED) is 0.934. The van der Waals surface area contributed by atoms with Crippen molar-refractivity contribution in [2.24, 2.45) is 5.73 Å². The predicted octanol–water partition coefficient (Wildman–Crippen LogP) is 3.78. The molecule has 0 atom stereocenters. The Morgan fingerprint density at radius 2 is 1.83 bits per heavy atom. The van der Waals surface area contributed by atoms with E-state index in [2.05, 4.69) is 4.98 Å². The zero-order valence-electron chi connectivity index (χ0n) is 9.16. The van der Waals surface area contributed by atoms with Gasteiger partial charge in [0.2, 0.25) is 5.88 Å². The number of hydrogen-bond donors (Lipinski definition) is 1. The fourth-order valence-electron chi connectivity index (χ4n) is 1.41. The second-order valence-electron chi connectivity index (χ2n) is 3.53. The van der Waals surface area contributed by atoms with Crippen molar-refractivity contribution >= 4 is 23.2 Å². The molecule has 2 rings (SSSR count). The predicted molar refractivity (Wildman–Crippen MR) is 68.6 cm³/mol. The summed E-state index contributed by atoms with van der Waals surface area (Å²) in [5, 5.41) is 0.878. The topological polar surface area (TPSA) is 48.1 Å². The maximum Gasteiger partial charge on any atom is 0.223 e. The van der Waals surface area contributed by atoms with Gasteiger partial charge in [-0.3, -0.25) is 0 Å². The molecule has 1 aromatic heterocycles. The van der Waals surface area contributed by atoms with E-state index in [9.17, 15) is 4.39 Å². The summed E-state index contributed by atoms with van der Waals surface area (Å²) in [7, 11) is 0. The summed E-state index contributed by atoms with van der Waals surface area (Å²) in [6, 6.07) is 6.02. The van der Waals surface area contributed by atoms with Crippen LogP contribution < -0.4 is 10.5 Å². The van der Waals surface area contributed by atoms with E-state index in [1.165, 1.54) is 6.07 Å². The lowest BCUT2D eigenvalue weighted by atomic mass is 10.2. The number of benzene rings is 1. The highest BCUT2D eigenvalue weighted by atomic mass is 35.5. The third-order valence-electron chi connectivity index (χ3n) is 2.16. The molecule has 0 amide bonds. The molecule has 6 heteroatoms. The first-order valence-corrected chi connectivity index (χ1v) is 5.82. The summed E-state index contributed by atoms with van der Waals surface area (Å²) < 4.78 is 18.5. The van der Waals surface area contributed by atoms with E-state index in [1.54, 1.807) is 18.2 Å². The summed E-state index contributed by atoms with van der Waals surface area (Å²) in [5.41, 5.74) is 5.96. The van der Waals surface area contributed by atoms with Gasteiger partial charge in [-0.25, -0.2) is 9.37 Å². The van der Waals surface area contributed by atoms with Crippen molar-refractivity contribution in [1.82, 2.24) is 4.98 Å². The van der Waals surface area contributed by atoms with Crippen molar-refractivity contribution < 1.29 is 9.13 Å². The van der Waals surface area contributed by atoms with Gasteiger partial charge in [-0.2, -0.15) is 0 Å². The first-order valence-electron chi connectivity index (χ1n) is 5.07. The van der Waals surface area contributed by atoms with E-state index in [0.29, 0.717) is 21.4 Å². The SMILES string of the molecule is NCc1cc(F)cnc1Oc1cc(Cl)cc(Cl)c1. The van der Waals surface area contributed by atoms with Crippen molar-refractivity contribution in [2.45, 2.75) is 6.54 Å². The van der Waals surface area contributed by atoms with Crippen LogP contribution in [0.4, 0.5) is 4.39 Å². The molecule has 18 heavy (non-hydrogen) atoms. The van der Waals surface area contributed by atoms with Crippen molar-refractivity contribution in [2.75, 3.05) is 0 Å². The van der Waals surface area contributed by atoms with Crippen LogP contribution in [0.15, 0.2) is 30.5 Å². The largest absolute Gasteiger partial charge is 0.439 e. The van der Waals surface area contributed by atoms with Crippen molar-refractivity contribution in [3.8, 4) is 11.6 Å². The fraction of sp³-hybridized carbons (Fsp3) is 0.0833. The minimum atomic E-state index is -0.466. The molecule has 0 saturated heterocycles. The molecule has 2 aromatic rings. The summed E-state index contributed by atoms with van der Waals surface area (Å²) in [6.07, 6.45) is 1.06. The second kappa shape index (κ2) is 5.52. The molecule has 94 valence electrons. The van der Waals surface area contributed by atoms with Gasteiger partial charge in [0.05, 0.1) is 6.20 Å². The second-order valence-corrected chi connectivity index (χ2v) is 4.40. The van der Waals surface area contributed by atoms with Crippen molar-refractivity contribution in [3.63, 3.8) is 0 Å². The Bertz CT molecular complexity index is 558. The van der Waals surface area contributed by atoms with Gasteiger partial charge in [-0.1, -0.05) is 23.2 Å². The molecular formula is C12H9Cl2FN2O. The molecule has 1 aromatic carbocycles. The molecule has 0 unspecified atom stereocenters. The number of hydrogen-bond acceptors (Lipinski definition) is 3. The average Bonchev–Trinajstić information content (AvgIpc) is 2.30. The number of rotatable bonds is 3. The highest BCUT2D eigenvalue weighted by molar-refractivity contribution is 6.34. The molecular weight excluding hydrogens is 278 g/mol. The highest BCUT2D eigenvalue weighted by Gasteiger charge is 2.08. The van der Waals surface area contributed by atoms with Crippen molar-refractivity contribution in [1.29, 1.82) is 0 Å². The molecule has 2 N–H and O–H groups in total. The van der Waals surface area contributed by atoms with Crippen LogP contribution in [0.2, 0.25) is 10.0 Å². The molecule has 0 fully saturated rings. The van der Waals surface area contributed by atoms with E-state index in [0.717, 1.165) is 6.20 Å². The van der Waals surface area contributed by atoms with E-state index in [4.69, 9.17) is 33.7 Å². The van der Waals surface area contributed by atoms with Gasteiger partial charge >= 0.3 is 0 Å². The standard InChI is InChI=1S/C12H9Cl2FN2O/c13-8-2-9(14)4-11(3-8)18-12-7(5-16)1-10(15)6-17-12/h1-4,6H,5,16H2. The van der Waals surface area contributed by atoms with Crippen LogP contribution in [-0.4, -0.2) is 4.98 Å². The Morgan fingerprint density at radius 1 is 1.17 bits per heavy atom. The lowest BCUT2D eigenvalue weighted by Crippen LogP contribution is -2.02. The molecule has 0 aliphatic rings. The minimum Gasteiger partial charge on any atom is -0.439 e. The Labute approximate surface area is 113 Å². The normalized spacial score (nSPS) is 10.4. The van der Waals surface area contributed by atoms with Gasteiger partial charge < -0.3 is 10.5 Å². The Balaban J connectivity index is 2.33. The summed E-state index contributed by atoms with van der Waals surface area (Å²) >= 11 is 11.7. The van der Waals surface area contributed by atoms with Gasteiger partial charge in [0.15, 0.2) is 0 Å². The third-order valence-corrected chi connectivity index (χ3v) is 2.60. The summed E-state index contributed by atoms with van der Waals surface area (Å²) in [4.78, 5) is 3.84. The summed E-state index contributed by atoms with van der Waals surface area (Å²) in [6.45, 7) is 0.119. The molecule has 0 spiro atoms. The minimum absolute atomic E-state index is 0.119. The first kappa shape index (κ1) is 13.1. The molecule has 3 nitrogen and oxygen atoms in total. The molecule has 0 aliphatic heterocycles. The Morgan fingerprint density at radius 3 is 2.44 bits per heavy atom. The van der Waals surface area contributed by atoms with E-state index in [1.807, 2.05) is 0 Å². The number of aromatic nitrogens is 1. The number of ether oxygens (including phenoxy) is 1. The van der Waals surface area contributed by atoms with E-state index in [-0.39, 0.29) is 12.4 Å². The van der Waals surface area contributed by atoms with Crippen LogP contribution in [-0.2, 0) is 6.54 Å². The number of halogens is 3. The molecule has 0 bridgehead atoms. The molecule has 0 saturated carbocycles. The molecule has 0 aliphatic carbocycles. The van der Waals surface area contributed by atoms with Crippen LogP contribution in [0, 0.1) is 5.82 Å². The smallest absolute Gasteiger partial charge is 0.223 e.